The number of carbonyl (C=O) groups excluding carboxylic acids is 1. The molecule has 2 amide bonds. The van der Waals surface area contributed by atoms with E-state index in [0.717, 1.165) is 38.2 Å². The lowest BCUT2D eigenvalue weighted by Gasteiger charge is -2.34. The predicted molar refractivity (Wildman–Crippen MR) is 92.8 cm³/mol. The Bertz CT molecular complexity index is 457. The summed E-state index contributed by atoms with van der Waals surface area (Å²) in [6.45, 7) is 8.49. The van der Waals surface area contributed by atoms with Crippen molar-refractivity contribution in [2.24, 2.45) is 5.92 Å². The van der Waals surface area contributed by atoms with Gasteiger partial charge in [-0.25, -0.2) is 4.79 Å². The molecule has 5 nitrogen and oxygen atoms in total. The standard InChI is InChI=1S/C18H29N3O2/c1-15(2)21-11-8-16(9-12-21)14-20-18(22)19-10-13-23-17-6-4-3-5-7-17/h3-7,15-16H,8-14H2,1-2H3,(H2,19,20,22). The van der Waals surface area contributed by atoms with Crippen LogP contribution in [0, 0.1) is 5.92 Å². The van der Waals surface area contributed by atoms with Crippen molar-refractivity contribution in [3.05, 3.63) is 30.3 Å². The average Bonchev–Trinajstić information content (AvgIpc) is 2.58. The number of nitrogens with zero attached hydrogens (tertiary/aromatic N) is 1. The number of para-hydroxylation sites is 1. The second kappa shape index (κ2) is 9.40. The molecule has 0 aliphatic carbocycles. The predicted octanol–water partition coefficient (Wildman–Crippen LogP) is 2.48. The van der Waals surface area contributed by atoms with Crippen LogP contribution in [0.5, 0.6) is 5.75 Å². The summed E-state index contributed by atoms with van der Waals surface area (Å²) in [7, 11) is 0. The molecule has 0 radical (unpaired) electrons. The van der Waals surface area contributed by atoms with Crippen LogP contribution in [0.3, 0.4) is 0 Å². The van der Waals surface area contributed by atoms with Gasteiger partial charge in [0.05, 0.1) is 6.54 Å². The van der Waals surface area contributed by atoms with E-state index in [1.807, 2.05) is 30.3 Å². The Kier molecular flexibility index (Phi) is 7.20. The normalized spacial score (nSPS) is 16.3. The van der Waals surface area contributed by atoms with Crippen molar-refractivity contribution in [2.75, 3.05) is 32.8 Å². The highest BCUT2D eigenvalue weighted by Gasteiger charge is 2.20. The first kappa shape index (κ1) is 17.6. The van der Waals surface area contributed by atoms with Crippen LogP contribution in [0.15, 0.2) is 30.3 Å². The fourth-order valence-corrected chi connectivity index (χ4v) is 2.82. The summed E-state index contributed by atoms with van der Waals surface area (Å²) < 4.78 is 5.54. The van der Waals surface area contributed by atoms with Gasteiger partial charge in [0.1, 0.15) is 12.4 Å². The molecule has 0 saturated carbocycles. The van der Waals surface area contributed by atoms with Crippen LogP contribution in [-0.2, 0) is 0 Å². The minimum absolute atomic E-state index is 0.104. The van der Waals surface area contributed by atoms with Crippen LogP contribution in [0.1, 0.15) is 26.7 Å². The van der Waals surface area contributed by atoms with Gasteiger partial charge in [-0.05, 0) is 57.8 Å². The van der Waals surface area contributed by atoms with Gasteiger partial charge in [-0.2, -0.15) is 0 Å². The molecular formula is C18H29N3O2. The Morgan fingerprint density at radius 3 is 2.57 bits per heavy atom. The lowest BCUT2D eigenvalue weighted by molar-refractivity contribution is 0.148. The van der Waals surface area contributed by atoms with Crippen molar-refractivity contribution in [1.29, 1.82) is 0 Å². The Labute approximate surface area is 139 Å². The fraction of sp³-hybridized carbons (Fsp3) is 0.611. The van der Waals surface area contributed by atoms with Crippen molar-refractivity contribution in [3.8, 4) is 5.75 Å². The van der Waals surface area contributed by atoms with Gasteiger partial charge >= 0.3 is 6.03 Å². The van der Waals surface area contributed by atoms with Crippen LogP contribution in [0.2, 0.25) is 0 Å². The molecule has 23 heavy (non-hydrogen) atoms. The van der Waals surface area contributed by atoms with E-state index in [2.05, 4.69) is 29.4 Å². The van der Waals surface area contributed by atoms with Crippen molar-refractivity contribution in [1.82, 2.24) is 15.5 Å². The SMILES string of the molecule is CC(C)N1CCC(CNC(=O)NCCOc2ccccc2)CC1. The number of ether oxygens (including phenoxy) is 1. The molecule has 0 unspecified atom stereocenters. The van der Waals surface area contributed by atoms with Gasteiger partial charge in [0.15, 0.2) is 0 Å². The molecule has 0 atom stereocenters. The molecule has 1 fully saturated rings. The second-order valence-corrected chi connectivity index (χ2v) is 6.37. The average molecular weight is 319 g/mol. The van der Waals surface area contributed by atoms with E-state index >= 15 is 0 Å². The summed E-state index contributed by atoms with van der Waals surface area (Å²) in [5.41, 5.74) is 0. The minimum Gasteiger partial charge on any atom is -0.492 e. The number of benzene rings is 1. The molecule has 0 bridgehead atoms. The first-order valence-corrected chi connectivity index (χ1v) is 8.58. The van der Waals surface area contributed by atoms with Gasteiger partial charge < -0.3 is 20.3 Å². The summed E-state index contributed by atoms with van der Waals surface area (Å²) in [6, 6.07) is 10.1. The minimum atomic E-state index is -0.104. The van der Waals surface area contributed by atoms with Gasteiger partial charge in [0.25, 0.3) is 0 Å². The number of hydrogen-bond acceptors (Lipinski definition) is 3. The Morgan fingerprint density at radius 1 is 1.22 bits per heavy atom. The molecule has 1 aliphatic rings. The van der Waals surface area contributed by atoms with Crippen LogP contribution in [0.4, 0.5) is 4.79 Å². The van der Waals surface area contributed by atoms with E-state index < -0.39 is 0 Å². The Hall–Kier alpha value is -1.75. The fourth-order valence-electron chi connectivity index (χ4n) is 2.82. The molecule has 128 valence electrons. The van der Waals surface area contributed by atoms with Gasteiger partial charge in [-0.15, -0.1) is 0 Å². The summed E-state index contributed by atoms with van der Waals surface area (Å²) in [6.07, 6.45) is 2.32. The number of likely N-dealkylation sites (tertiary alicyclic amines) is 1. The molecule has 2 N–H and O–H groups in total. The maximum absolute atomic E-state index is 11.8. The number of piperidine rings is 1. The van der Waals surface area contributed by atoms with Crippen LogP contribution in [-0.4, -0.2) is 49.8 Å². The van der Waals surface area contributed by atoms with Crippen LogP contribution >= 0.6 is 0 Å². The van der Waals surface area contributed by atoms with E-state index in [9.17, 15) is 4.79 Å². The number of urea groups is 1. The lowest BCUT2D eigenvalue weighted by atomic mass is 9.96. The molecular weight excluding hydrogens is 290 g/mol. The molecule has 1 saturated heterocycles. The molecule has 5 heteroatoms. The Morgan fingerprint density at radius 2 is 1.91 bits per heavy atom. The molecule has 1 aliphatic heterocycles. The lowest BCUT2D eigenvalue weighted by Crippen LogP contribution is -2.44. The van der Waals surface area contributed by atoms with E-state index in [1.54, 1.807) is 0 Å². The zero-order valence-corrected chi connectivity index (χ0v) is 14.3. The van der Waals surface area contributed by atoms with Gasteiger partial charge in [-0.3, -0.25) is 0 Å². The van der Waals surface area contributed by atoms with Gasteiger partial charge in [0, 0.05) is 12.6 Å². The number of hydrogen-bond donors (Lipinski definition) is 2. The quantitative estimate of drug-likeness (QED) is 0.759. The molecule has 1 aromatic carbocycles. The highest BCUT2D eigenvalue weighted by molar-refractivity contribution is 5.73. The van der Waals surface area contributed by atoms with E-state index in [0.29, 0.717) is 25.1 Å². The van der Waals surface area contributed by atoms with Crippen molar-refractivity contribution in [3.63, 3.8) is 0 Å². The number of amides is 2. The monoisotopic (exact) mass is 319 g/mol. The molecule has 1 heterocycles. The largest absolute Gasteiger partial charge is 0.492 e. The summed E-state index contributed by atoms with van der Waals surface area (Å²) in [5.74, 6) is 1.42. The van der Waals surface area contributed by atoms with Crippen molar-refractivity contribution < 1.29 is 9.53 Å². The highest BCUT2D eigenvalue weighted by Crippen LogP contribution is 2.17. The zero-order chi connectivity index (χ0) is 16.5. The maximum atomic E-state index is 11.8. The van der Waals surface area contributed by atoms with E-state index in [-0.39, 0.29) is 6.03 Å². The molecule has 2 rings (SSSR count). The third-order valence-corrected chi connectivity index (χ3v) is 4.33. The highest BCUT2D eigenvalue weighted by atomic mass is 16.5. The second-order valence-electron chi connectivity index (χ2n) is 6.37. The number of carbonyl (C=O) groups is 1. The Balaban J connectivity index is 1.52. The zero-order valence-electron chi connectivity index (χ0n) is 14.3. The summed E-state index contributed by atoms with van der Waals surface area (Å²) in [4.78, 5) is 14.3. The number of rotatable bonds is 7. The van der Waals surface area contributed by atoms with Crippen LogP contribution < -0.4 is 15.4 Å². The van der Waals surface area contributed by atoms with Gasteiger partial charge in [-0.1, -0.05) is 18.2 Å². The van der Waals surface area contributed by atoms with E-state index in [4.69, 9.17) is 4.74 Å². The van der Waals surface area contributed by atoms with Crippen LogP contribution in [0.25, 0.3) is 0 Å². The first-order valence-electron chi connectivity index (χ1n) is 8.58. The van der Waals surface area contributed by atoms with E-state index in [1.165, 1.54) is 0 Å². The van der Waals surface area contributed by atoms with Crippen molar-refractivity contribution in [2.45, 2.75) is 32.7 Å². The smallest absolute Gasteiger partial charge is 0.314 e. The van der Waals surface area contributed by atoms with Crippen molar-refractivity contribution >= 4 is 6.03 Å². The topological polar surface area (TPSA) is 53.6 Å². The third kappa shape index (κ3) is 6.48. The molecule has 0 aromatic heterocycles. The first-order chi connectivity index (χ1) is 11.1. The number of nitrogens with one attached hydrogen (secondary N) is 2. The third-order valence-electron chi connectivity index (χ3n) is 4.33. The summed E-state index contributed by atoms with van der Waals surface area (Å²) >= 11 is 0. The summed E-state index contributed by atoms with van der Waals surface area (Å²) in [5, 5.41) is 5.81. The molecule has 1 aromatic rings. The molecule has 0 spiro atoms. The maximum Gasteiger partial charge on any atom is 0.314 e. The van der Waals surface area contributed by atoms with Gasteiger partial charge in [0.2, 0.25) is 0 Å².